The van der Waals surface area contributed by atoms with Gasteiger partial charge in [0.15, 0.2) is 0 Å². The summed E-state index contributed by atoms with van der Waals surface area (Å²) in [5.41, 5.74) is 0. The number of aryl methyl sites for hydroxylation is 1. The molecule has 4 nitrogen and oxygen atoms in total. The highest BCUT2D eigenvalue weighted by molar-refractivity contribution is 7.11. The Morgan fingerprint density at radius 1 is 1.71 bits per heavy atom. The molecule has 1 unspecified atom stereocenters. The fraction of sp³-hybridized carbons (Fsp3) is 0.667. The van der Waals surface area contributed by atoms with Gasteiger partial charge in [-0.1, -0.05) is 0 Å². The molecule has 1 aromatic heterocycles. The van der Waals surface area contributed by atoms with E-state index >= 15 is 0 Å². The lowest BCUT2D eigenvalue weighted by Gasteiger charge is -2.30. The molecule has 94 valence electrons. The largest absolute Gasteiger partial charge is 0.469 e. The summed E-state index contributed by atoms with van der Waals surface area (Å²) in [6.45, 7) is 4.79. The molecule has 2 heterocycles. The minimum absolute atomic E-state index is 0.0442. The van der Waals surface area contributed by atoms with Gasteiger partial charge in [0.25, 0.3) is 0 Å². The van der Waals surface area contributed by atoms with Crippen LogP contribution in [-0.2, 0) is 16.1 Å². The predicted molar refractivity (Wildman–Crippen MR) is 66.9 cm³/mol. The molecule has 0 amide bonds. The molecular weight excluding hydrogens is 236 g/mol. The van der Waals surface area contributed by atoms with E-state index in [2.05, 4.69) is 9.88 Å². The fourth-order valence-corrected chi connectivity index (χ4v) is 3.09. The minimum atomic E-state index is -0.0739. The van der Waals surface area contributed by atoms with Gasteiger partial charge < -0.3 is 4.74 Å². The highest BCUT2D eigenvalue weighted by Gasteiger charge is 2.26. The number of piperidine rings is 1. The molecular formula is C12H18N2O2S. The van der Waals surface area contributed by atoms with Crippen molar-refractivity contribution in [1.82, 2.24) is 9.88 Å². The van der Waals surface area contributed by atoms with Crippen molar-refractivity contribution in [2.24, 2.45) is 5.92 Å². The number of carbonyl (C=O) groups is 1. The van der Waals surface area contributed by atoms with Crippen LogP contribution in [0.4, 0.5) is 0 Å². The first-order valence-electron chi connectivity index (χ1n) is 5.90. The Morgan fingerprint density at radius 2 is 2.53 bits per heavy atom. The summed E-state index contributed by atoms with van der Waals surface area (Å²) >= 11 is 1.73. The Bertz CT molecular complexity index is 392. The number of hydrogen-bond donors (Lipinski definition) is 0. The molecule has 0 bridgehead atoms. The number of methoxy groups -OCH3 is 1. The van der Waals surface area contributed by atoms with Crippen molar-refractivity contribution in [2.45, 2.75) is 26.3 Å². The smallest absolute Gasteiger partial charge is 0.309 e. The van der Waals surface area contributed by atoms with Crippen molar-refractivity contribution >= 4 is 17.3 Å². The molecule has 1 fully saturated rings. The first kappa shape index (κ1) is 12.5. The van der Waals surface area contributed by atoms with Gasteiger partial charge in [0.2, 0.25) is 0 Å². The minimum Gasteiger partial charge on any atom is -0.469 e. The average Bonchev–Trinajstić information content (AvgIpc) is 2.74. The third-order valence-corrected chi connectivity index (χ3v) is 3.99. The van der Waals surface area contributed by atoms with E-state index in [-0.39, 0.29) is 11.9 Å². The molecule has 1 atom stereocenters. The van der Waals surface area contributed by atoms with Crippen LogP contribution in [0.15, 0.2) is 6.20 Å². The quantitative estimate of drug-likeness (QED) is 0.772. The molecule has 1 aromatic rings. The predicted octanol–water partition coefficient (Wildman–Crippen LogP) is 1.84. The zero-order chi connectivity index (χ0) is 12.3. The van der Waals surface area contributed by atoms with Gasteiger partial charge in [-0.2, -0.15) is 0 Å². The molecule has 0 spiro atoms. The van der Waals surface area contributed by atoms with Gasteiger partial charge in [-0.3, -0.25) is 9.69 Å². The van der Waals surface area contributed by atoms with E-state index in [9.17, 15) is 4.79 Å². The highest BCUT2D eigenvalue weighted by Crippen LogP contribution is 2.21. The van der Waals surface area contributed by atoms with E-state index in [0.29, 0.717) is 0 Å². The van der Waals surface area contributed by atoms with Gasteiger partial charge in [0, 0.05) is 24.2 Å². The molecule has 1 saturated heterocycles. The standard InChI is InChI=1S/C12H18N2O2S/c1-9-13-6-11(17-9)8-14-5-3-4-10(7-14)12(15)16-2/h6,10H,3-5,7-8H2,1-2H3. The van der Waals surface area contributed by atoms with Crippen LogP contribution in [0.3, 0.4) is 0 Å². The third-order valence-electron chi connectivity index (χ3n) is 3.09. The maximum Gasteiger partial charge on any atom is 0.309 e. The second-order valence-electron chi connectivity index (χ2n) is 4.44. The number of nitrogens with zero attached hydrogens (tertiary/aromatic N) is 2. The van der Waals surface area contributed by atoms with Crippen LogP contribution in [0.2, 0.25) is 0 Å². The summed E-state index contributed by atoms with van der Waals surface area (Å²) in [5.74, 6) is -0.0297. The van der Waals surface area contributed by atoms with Gasteiger partial charge in [0.1, 0.15) is 0 Å². The first-order chi connectivity index (χ1) is 8.19. The zero-order valence-corrected chi connectivity index (χ0v) is 11.1. The van der Waals surface area contributed by atoms with Crippen LogP contribution in [0, 0.1) is 12.8 Å². The number of thiazole rings is 1. The van der Waals surface area contributed by atoms with Crippen LogP contribution in [0.5, 0.6) is 0 Å². The van der Waals surface area contributed by atoms with E-state index in [4.69, 9.17) is 4.74 Å². The van der Waals surface area contributed by atoms with Crippen LogP contribution < -0.4 is 0 Å². The summed E-state index contributed by atoms with van der Waals surface area (Å²) in [6.07, 6.45) is 3.95. The van der Waals surface area contributed by atoms with Crippen LogP contribution in [-0.4, -0.2) is 36.1 Å². The molecule has 0 N–H and O–H groups in total. The van der Waals surface area contributed by atoms with E-state index < -0.39 is 0 Å². The topological polar surface area (TPSA) is 42.4 Å². The van der Waals surface area contributed by atoms with Crippen LogP contribution in [0.1, 0.15) is 22.7 Å². The molecule has 1 aliphatic heterocycles. The van der Waals surface area contributed by atoms with Crippen molar-refractivity contribution in [3.05, 3.63) is 16.1 Å². The normalized spacial score (nSPS) is 21.4. The van der Waals surface area contributed by atoms with E-state index in [1.165, 1.54) is 12.0 Å². The molecule has 0 aromatic carbocycles. The van der Waals surface area contributed by atoms with Crippen molar-refractivity contribution in [1.29, 1.82) is 0 Å². The number of aromatic nitrogens is 1. The summed E-state index contributed by atoms with van der Waals surface area (Å²) in [5, 5.41) is 1.10. The van der Waals surface area contributed by atoms with Gasteiger partial charge in [-0.25, -0.2) is 4.98 Å². The maximum atomic E-state index is 11.5. The average molecular weight is 254 g/mol. The Labute approximate surface area is 106 Å². The molecule has 17 heavy (non-hydrogen) atoms. The van der Waals surface area contributed by atoms with Crippen LogP contribution >= 0.6 is 11.3 Å². The third kappa shape index (κ3) is 3.26. The van der Waals surface area contributed by atoms with Gasteiger partial charge in [0.05, 0.1) is 18.0 Å². The number of carbonyl (C=O) groups excluding carboxylic acids is 1. The SMILES string of the molecule is COC(=O)C1CCCN(Cc2cnc(C)s2)C1. The monoisotopic (exact) mass is 254 g/mol. The molecule has 2 rings (SSSR count). The molecule has 5 heteroatoms. The van der Waals surface area contributed by atoms with E-state index in [1.54, 1.807) is 11.3 Å². The number of esters is 1. The van der Waals surface area contributed by atoms with Crippen molar-refractivity contribution < 1.29 is 9.53 Å². The second kappa shape index (κ2) is 5.60. The number of rotatable bonds is 3. The maximum absolute atomic E-state index is 11.5. The summed E-state index contributed by atoms with van der Waals surface area (Å²) < 4.78 is 4.82. The Hall–Kier alpha value is -0.940. The van der Waals surface area contributed by atoms with Crippen molar-refractivity contribution in [2.75, 3.05) is 20.2 Å². The van der Waals surface area contributed by atoms with Crippen LogP contribution in [0.25, 0.3) is 0 Å². The molecule has 0 radical (unpaired) electrons. The molecule has 1 aliphatic rings. The Balaban J connectivity index is 1.91. The summed E-state index contributed by atoms with van der Waals surface area (Å²) in [7, 11) is 1.47. The fourth-order valence-electron chi connectivity index (χ4n) is 2.26. The van der Waals surface area contributed by atoms with E-state index in [0.717, 1.165) is 37.5 Å². The number of ether oxygens (including phenoxy) is 1. The van der Waals surface area contributed by atoms with Gasteiger partial charge in [-0.15, -0.1) is 11.3 Å². The first-order valence-corrected chi connectivity index (χ1v) is 6.72. The van der Waals surface area contributed by atoms with Gasteiger partial charge in [-0.05, 0) is 26.3 Å². The zero-order valence-electron chi connectivity index (χ0n) is 10.3. The Morgan fingerprint density at radius 3 is 3.18 bits per heavy atom. The van der Waals surface area contributed by atoms with Crippen molar-refractivity contribution in [3.63, 3.8) is 0 Å². The summed E-state index contributed by atoms with van der Waals surface area (Å²) in [6, 6.07) is 0. The lowest BCUT2D eigenvalue weighted by atomic mass is 9.98. The Kier molecular flexibility index (Phi) is 4.12. The van der Waals surface area contributed by atoms with E-state index in [1.807, 2.05) is 13.1 Å². The number of hydrogen-bond acceptors (Lipinski definition) is 5. The van der Waals surface area contributed by atoms with Crippen molar-refractivity contribution in [3.8, 4) is 0 Å². The number of likely N-dealkylation sites (tertiary alicyclic amines) is 1. The lowest BCUT2D eigenvalue weighted by molar-refractivity contribution is -0.147. The van der Waals surface area contributed by atoms with Gasteiger partial charge >= 0.3 is 5.97 Å². The highest BCUT2D eigenvalue weighted by atomic mass is 32.1. The molecule has 0 aliphatic carbocycles. The summed E-state index contributed by atoms with van der Waals surface area (Å²) in [4.78, 5) is 19.4. The lowest BCUT2D eigenvalue weighted by Crippen LogP contribution is -2.38. The second-order valence-corrected chi connectivity index (χ2v) is 5.76. The molecule has 0 saturated carbocycles.